The fourth-order valence-corrected chi connectivity index (χ4v) is 4.01. The lowest BCUT2D eigenvalue weighted by Gasteiger charge is -2.12. The lowest BCUT2D eigenvalue weighted by molar-refractivity contribution is -0.274. The molecule has 0 saturated carbocycles. The lowest BCUT2D eigenvalue weighted by atomic mass is 9.98. The normalized spacial score (nSPS) is 11.8. The number of carbonyl (C=O) groups is 1. The molecule has 3 aromatic rings. The zero-order valence-electron chi connectivity index (χ0n) is 17.0. The number of benzene rings is 3. The molecule has 0 unspecified atom stereocenters. The highest BCUT2D eigenvalue weighted by atomic mass is 35.5. The average molecular weight is 495 g/mol. The van der Waals surface area contributed by atoms with Crippen LogP contribution in [0.4, 0.5) is 13.2 Å². The molecule has 0 spiro atoms. The van der Waals surface area contributed by atoms with Crippen LogP contribution in [-0.2, 0) is 4.79 Å². The Hall–Kier alpha value is -3.10. The molecule has 3 aromatic carbocycles. The molecular formula is C24H18ClF3O4S. The van der Waals surface area contributed by atoms with Crippen molar-refractivity contribution in [3.8, 4) is 11.5 Å². The van der Waals surface area contributed by atoms with Crippen LogP contribution in [0, 0.1) is 0 Å². The second-order valence-electron chi connectivity index (χ2n) is 6.64. The molecule has 3 rings (SSSR count). The standard InChI is InChI=1S/C24H18ClF3O4S/c25-21-14-19(10-11-22(21)31-15-23(29)30)33-13-12-20(16-4-2-1-3-5-16)17-6-8-18(9-7-17)32-24(26,27)28/h1-12,14H,13,15H2,(H,29,30)/b20-12-. The first kappa shape index (κ1) is 24.5. The summed E-state index contributed by atoms with van der Waals surface area (Å²) in [5, 5.41) is 9.01. The second kappa shape index (κ2) is 11.2. The molecule has 0 aliphatic carbocycles. The van der Waals surface area contributed by atoms with E-state index in [-0.39, 0.29) is 11.5 Å². The zero-order chi connectivity index (χ0) is 23.8. The van der Waals surface area contributed by atoms with Crippen molar-refractivity contribution in [1.82, 2.24) is 0 Å². The van der Waals surface area contributed by atoms with E-state index in [4.69, 9.17) is 21.4 Å². The molecule has 0 aromatic heterocycles. The van der Waals surface area contributed by atoms with Gasteiger partial charge in [0.05, 0.1) is 5.02 Å². The van der Waals surface area contributed by atoms with Gasteiger partial charge >= 0.3 is 12.3 Å². The molecule has 0 aliphatic heterocycles. The van der Waals surface area contributed by atoms with E-state index in [1.165, 1.54) is 23.9 Å². The number of ether oxygens (including phenoxy) is 2. The molecule has 0 radical (unpaired) electrons. The highest BCUT2D eigenvalue weighted by Gasteiger charge is 2.31. The van der Waals surface area contributed by atoms with Crippen molar-refractivity contribution < 1.29 is 32.5 Å². The molecule has 1 N–H and O–H groups in total. The third-order valence-corrected chi connectivity index (χ3v) is 5.49. The summed E-state index contributed by atoms with van der Waals surface area (Å²) in [6, 6.07) is 20.3. The minimum atomic E-state index is -4.74. The minimum Gasteiger partial charge on any atom is -0.480 e. The number of hydrogen-bond acceptors (Lipinski definition) is 4. The van der Waals surface area contributed by atoms with Crippen molar-refractivity contribution >= 4 is 34.9 Å². The molecule has 0 atom stereocenters. The fourth-order valence-electron chi connectivity index (χ4n) is 2.91. The molecule has 0 bridgehead atoms. The van der Waals surface area contributed by atoms with Gasteiger partial charge in [-0.3, -0.25) is 0 Å². The Morgan fingerprint density at radius 2 is 1.67 bits per heavy atom. The first-order chi connectivity index (χ1) is 15.7. The van der Waals surface area contributed by atoms with Gasteiger partial charge in [0.15, 0.2) is 6.61 Å². The van der Waals surface area contributed by atoms with Gasteiger partial charge < -0.3 is 14.6 Å². The van der Waals surface area contributed by atoms with E-state index in [2.05, 4.69) is 4.74 Å². The van der Waals surface area contributed by atoms with E-state index in [1.54, 1.807) is 30.3 Å². The first-order valence-corrected chi connectivity index (χ1v) is 11.0. The smallest absolute Gasteiger partial charge is 0.480 e. The average Bonchev–Trinajstić information content (AvgIpc) is 2.76. The molecule has 4 nitrogen and oxygen atoms in total. The summed E-state index contributed by atoms with van der Waals surface area (Å²) in [4.78, 5) is 11.5. The van der Waals surface area contributed by atoms with Crippen molar-refractivity contribution in [2.45, 2.75) is 11.3 Å². The molecular weight excluding hydrogens is 477 g/mol. The van der Waals surface area contributed by atoms with E-state index >= 15 is 0 Å². The van der Waals surface area contributed by atoms with Gasteiger partial charge in [0.2, 0.25) is 0 Å². The van der Waals surface area contributed by atoms with E-state index in [0.29, 0.717) is 10.8 Å². The predicted molar refractivity (Wildman–Crippen MR) is 122 cm³/mol. The number of carboxylic acids is 1. The van der Waals surface area contributed by atoms with Crippen LogP contribution in [0.3, 0.4) is 0 Å². The van der Waals surface area contributed by atoms with Crippen molar-refractivity contribution in [2.24, 2.45) is 0 Å². The lowest BCUT2D eigenvalue weighted by Crippen LogP contribution is -2.17. The number of hydrogen-bond donors (Lipinski definition) is 1. The maximum Gasteiger partial charge on any atom is 0.573 e. The van der Waals surface area contributed by atoms with Crippen LogP contribution in [0.25, 0.3) is 5.57 Å². The molecule has 0 fully saturated rings. The Labute approximate surface area is 197 Å². The van der Waals surface area contributed by atoms with Crippen molar-refractivity contribution in [1.29, 1.82) is 0 Å². The highest BCUT2D eigenvalue weighted by Crippen LogP contribution is 2.32. The van der Waals surface area contributed by atoms with Crippen LogP contribution in [0.5, 0.6) is 11.5 Å². The molecule has 172 valence electrons. The number of carboxylic acid groups (broad SMARTS) is 1. The summed E-state index contributed by atoms with van der Waals surface area (Å²) in [6.45, 7) is -0.484. The zero-order valence-corrected chi connectivity index (χ0v) is 18.6. The fraction of sp³-hybridized carbons (Fsp3) is 0.125. The topological polar surface area (TPSA) is 55.8 Å². The van der Waals surface area contributed by atoms with E-state index < -0.39 is 18.9 Å². The van der Waals surface area contributed by atoms with Crippen LogP contribution in [-0.4, -0.2) is 29.8 Å². The Morgan fingerprint density at radius 3 is 2.27 bits per heavy atom. The van der Waals surface area contributed by atoms with Gasteiger partial charge in [-0.25, -0.2) is 4.79 Å². The monoisotopic (exact) mass is 494 g/mol. The molecule has 0 heterocycles. The SMILES string of the molecule is O=C(O)COc1ccc(SC/C=C(/c2ccccc2)c2ccc(OC(F)(F)F)cc2)cc1Cl. The van der Waals surface area contributed by atoms with Crippen molar-refractivity contribution in [3.05, 3.63) is 95.0 Å². The Balaban J connectivity index is 1.76. The van der Waals surface area contributed by atoms with Crippen LogP contribution >= 0.6 is 23.4 Å². The van der Waals surface area contributed by atoms with Gasteiger partial charge in [0.25, 0.3) is 0 Å². The minimum absolute atomic E-state index is 0.282. The van der Waals surface area contributed by atoms with Crippen LogP contribution in [0.15, 0.2) is 83.8 Å². The number of rotatable bonds is 9. The van der Waals surface area contributed by atoms with E-state index in [1.807, 2.05) is 36.4 Å². The summed E-state index contributed by atoms with van der Waals surface area (Å²) >= 11 is 7.66. The summed E-state index contributed by atoms with van der Waals surface area (Å²) in [5.41, 5.74) is 2.51. The molecule has 9 heteroatoms. The summed E-state index contributed by atoms with van der Waals surface area (Å²) in [6.07, 6.45) is -2.77. The third-order valence-electron chi connectivity index (χ3n) is 4.28. The molecule has 0 amide bonds. The van der Waals surface area contributed by atoms with Crippen LogP contribution in [0.2, 0.25) is 5.02 Å². The second-order valence-corrected chi connectivity index (χ2v) is 8.14. The molecule has 0 aliphatic rings. The Bertz CT molecular complexity index is 1120. The quantitative estimate of drug-likeness (QED) is 0.327. The summed E-state index contributed by atoms with van der Waals surface area (Å²) in [7, 11) is 0. The summed E-state index contributed by atoms with van der Waals surface area (Å²) < 4.78 is 46.4. The number of aliphatic carboxylic acids is 1. The van der Waals surface area contributed by atoms with Gasteiger partial charge in [0.1, 0.15) is 11.5 Å². The van der Waals surface area contributed by atoms with Gasteiger partial charge in [-0.2, -0.15) is 0 Å². The maximum atomic E-state index is 12.4. The van der Waals surface area contributed by atoms with E-state index in [9.17, 15) is 18.0 Å². The third kappa shape index (κ3) is 7.76. The number of halogens is 4. The highest BCUT2D eigenvalue weighted by molar-refractivity contribution is 7.99. The van der Waals surface area contributed by atoms with E-state index in [0.717, 1.165) is 21.6 Å². The van der Waals surface area contributed by atoms with Gasteiger partial charge in [-0.05, 0) is 47.0 Å². The van der Waals surface area contributed by atoms with Crippen molar-refractivity contribution in [2.75, 3.05) is 12.4 Å². The summed E-state index contributed by atoms with van der Waals surface area (Å²) in [5.74, 6) is -0.546. The van der Waals surface area contributed by atoms with Gasteiger partial charge in [0, 0.05) is 10.6 Å². The number of thioether (sulfide) groups is 1. The Morgan fingerprint density at radius 1 is 1.00 bits per heavy atom. The van der Waals surface area contributed by atoms with Crippen LogP contribution in [0.1, 0.15) is 11.1 Å². The predicted octanol–water partition coefficient (Wildman–Crippen LogP) is 6.93. The number of alkyl halides is 3. The van der Waals surface area contributed by atoms with Crippen molar-refractivity contribution in [3.63, 3.8) is 0 Å². The maximum absolute atomic E-state index is 12.4. The molecule has 33 heavy (non-hydrogen) atoms. The van der Waals surface area contributed by atoms with Crippen LogP contribution < -0.4 is 9.47 Å². The van der Waals surface area contributed by atoms with Gasteiger partial charge in [-0.1, -0.05) is 60.1 Å². The van der Waals surface area contributed by atoms with Gasteiger partial charge in [-0.15, -0.1) is 24.9 Å². The largest absolute Gasteiger partial charge is 0.573 e. The first-order valence-electron chi connectivity index (χ1n) is 9.60. The molecule has 0 saturated heterocycles. The Kier molecular flexibility index (Phi) is 8.30.